The highest BCUT2D eigenvalue weighted by Crippen LogP contribution is 2.21. The molecule has 0 radical (unpaired) electrons. The summed E-state index contributed by atoms with van der Waals surface area (Å²) in [5.41, 5.74) is 1.87. The molecule has 1 aromatic rings. The average molecular weight is 329 g/mol. The molecule has 0 atom stereocenters. The number of rotatable bonds is 2. The van der Waals surface area contributed by atoms with Gasteiger partial charge in [-0.15, -0.1) is 0 Å². The normalized spacial score (nSPS) is 20.4. The number of ether oxygens (including phenoxy) is 1. The maximum Gasteiger partial charge on any atom is 0.223 e. The molecule has 1 saturated heterocycles. The molecular weight excluding hydrogens is 302 g/mol. The minimum atomic E-state index is 0.251. The van der Waals surface area contributed by atoms with Gasteiger partial charge >= 0.3 is 0 Å². The Morgan fingerprint density at radius 3 is 2.58 bits per heavy atom. The van der Waals surface area contributed by atoms with Gasteiger partial charge in [-0.05, 0) is 38.2 Å². The molecule has 5 nitrogen and oxygen atoms in total. The summed E-state index contributed by atoms with van der Waals surface area (Å²) in [4.78, 5) is 8.91. The molecule has 5 heteroatoms. The number of aliphatic hydroxyl groups excluding tert-OH is 1. The fraction of sp³-hybridized carbons (Fsp3) is 0.579. The molecular formula is C19H27N3O2. The van der Waals surface area contributed by atoms with Crippen molar-refractivity contribution in [1.29, 1.82) is 0 Å². The van der Waals surface area contributed by atoms with E-state index in [0.717, 1.165) is 30.9 Å². The van der Waals surface area contributed by atoms with Gasteiger partial charge in [-0.3, -0.25) is 0 Å². The summed E-state index contributed by atoms with van der Waals surface area (Å²) in [7, 11) is 0. The molecule has 24 heavy (non-hydrogen) atoms. The molecule has 130 valence electrons. The van der Waals surface area contributed by atoms with E-state index in [2.05, 4.69) is 15.3 Å². The van der Waals surface area contributed by atoms with Crippen LogP contribution in [0.4, 0.5) is 5.95 Å². The van der Waals surface area contributed by atoms with Gasteiger partial charge in [-0.1, -0.05) is 25.3 Å². The first-order valence-corrected chi connectivity index (χ1v) is 9.08. The third-order valence-electron chi connectivity index (χ3n) is 4.57. The summed E-state index contributed by atoms with van der Waals surface area (Å²) in [6, 6.07) is 0.494. The number of nitrogens with one attached hydrogen (secondary N) is 1. The van der Waals surface area contributed by atoms with Crippen molar-refractivity contribution in [3.05, 3.63) is 35.4 Å². The molecule has 0 aromatic carbocycles. The van der Waals surface area contributed by atoms with Gasteiger partial charge in [0.15, 0.2) is 0 Å². The molecule has 1 aromatic heterocycles. The summed E-state index contributed by atoms with van der Waals surface area (Å²) >= 11 is 0. The summed E-state index contributed by atoms with van der Waals surface area (Å²) in [5, 5.41) is 13.1. The average Bonchev–Trinajstić information content (AvgIpc) is 3.12. The lowest BCUT2D eigenvalue weighted by Gasteiger charge is -2.22. The Kier molecular flexibility index (Phi) is 6.24. The molecule has 2 N–H and O–H groups in total. The van der Waals surface area contributed by atoms with Crippen LogP contribution >= 0.6 is 0 Å². The Morgan fingerprint density at radius 2 is 1.88 bits per heavy atom. The third-order valence-corrected chi connectivity index (χ3v) is 4.57. The van der Waals surface area contributed by atoms with Gasteiger partial charge in [-0.25, -0.2) is 9.97 Å². The Morgan fingerprint density at radius 1 is 1.08 bits per heavy atom. The largest absolute Gasteiger partial charge is 0.508 e. The van der Waals surface area contributed by atoms with Crippen molar-refractivity contribution in [1.82, 2.24) is 9.97 Å². The Labute approximate surface area is 143 Å². The fourth-order valence-corrected chi connectivity index (χ4v) is 3.21. The number of nitrogens with zero attached hydrogens (tertiary/aromatic N) is 2. The maximum atomic E-state index is 9.64. The zero-order valence-corrected chi connectivity index (χ0v) is 14.2. The molecule has 0 amide bonds. The SMILES string of the molecule is C1CCOC1.OC1=Cc2nc(NC3CCCCC3)ncc2CC=C1. The maximum absolute atomic E-state index is 9.64. The predicted octanol–water partition coefficient (Wildman–Crippen LogP) is 4.03. The molecule has 1 aliphatic heterocycles. The van der Waals surface area contributed by atoms with Crippen LogP contribution in [-0.2, 0) is 11.2 Å². The van der Waals surface area contributed by atoms with Crippen LogP contribution < -0.4 is 5.32 Å². The molecule has 2 fully saturated rings. The van der Waals surface area contributed by atoms with Gasteiger partial charge in [-0.2, -0.15) is 0 Å². The fourth-order valence-electron chi connectivity index (χ4n) is 3.21. The van der Waals surface area contributed by atoms with E-state index in [1.807, 2.05) is 12.3 Å². The molecule has 2 heterocycles. The van der Waals surface area contributed by atoms with Crippen molar-refractivity contribution >= 4 is 12.0 Å². The van der Waals surface area contributed by atoms with Gasteiger partial charge in [0, 0.05) is 37.1 Å². The summed E-state index contributed by atoms with van der Waals surface area (Å²) in [6.07, 6.45) is 16.8. The van der Waals surface area contributed by atoms with Gasteiger partial charge in [0.1, 0.15) is 5.76 Å². The molecule has 4 rings (SSSR count). The number of allylic oxidation sites excluding steroid dienone is 2. The zero-order valence-electron chi connectivity index (χ0n) is 14.2. The number of aliphatic hydroxyl groups is 1. The second-order valence-electron chi connectivity index (χ2n) is 6.58. The van der Waals surface area contributed by atoms with Gasteiger partial charge < -0.3 is 15.2 Å². The van der Waals surface area contributed by atoms with E-state index in [1.54, 1.807) is 12.2 Å². The highest BCUT2D eigenvalue weighted by molar-refractivity contribution is 5.56. The lowest BCUT2D eigenvalue weighted by atomic mass is 9.96. The van der Waals surface area contributed by atoms with Crippen molar-refractivity contribution in [3.8, 4) is 0 Å². The molecule has 0 bridgehead atoms. The number of fused-ring (bicyclic) bond motifs is 1. The first-order valence-electron chi connectivity index (χ1n) is 9.08. The van der Waals surface area contributed by atoms with E-state index >= 15 is 0 Å². The summed E-state index contributed by atoms with van der Waals surface area (Å²) in [6.45, 7) is 2.00. The number of aromatic nitrogens is 2. The lowest BCUT2D eigenvalue weighted by Crippen LogP contribution is -2.23. The molecule has 2 aliphatic carbocycles. The summed E-state index contributed by atoms with van der Waals surface area (Å²) in [5.74, 6) is 0.928. The van der Waals surface area contributed by atoms with Crippen LogP contribution in [0.5, 0.6) is 0 Å². The minimum Gasteiger partial charge on any atom is -0.508 e. The van der Waals surface area contributed by atoms with Gasteiger partial charge in [0.2, 0.25) is 5.95 Å². The van der Waals surface area contributed by atoms with Crippen molar-refractivity contribution in [2.45, 2.75) is 57.4 Å². The van der Waals surface area contributed by atoms with E-state index in [0.29, 0.717) is 12.0 Å². The van der Waals surface area contributed by atoms with E-state index in [-0.39, 0.29) is 5.76 Å². The predicted molar refractivity (Wildman–Crippen MR) is 96.0 cm³/mol. The number of anilines is 1. The Hall–Kier alpha value is -1.88. The van der Waals surface area contributed by atoms with Crippen molar-refractivity contribution in [2.75, 3.05) is 18.5 Å². The van der Waals surface area contributed by atoms with Crippen molar-refractivity contribution in [2.24, 2.45) is 0 Å². The second-order valence-corrected chi connectivity index (χ2v) is 6.58. The monoisotopic (exact) mass is 329 g/mol. The summed E-state index contributed by atoms with van der Waals surface area (Å²) < 4.78 is 4.94. The van der Waals surface area contributed by atoms with E-state index < -0.39 is 0 Å². The first-order chi connectivity index (χ1) is 11.8. The van der Waals surface area contributed by atoms with Crippen LogP contribution in [-0.4, -0.2) is 34.3 Å². The third kappa shape index (κ3) is 5.06. The van der Waals surface area contributed by atoms with E-state index in [1.165, 1.54) is 44.9 Å². The van der Waals surface area contributed by atoms with Crippen LogP contribution in [0.15, 0.2) is 24.1 Å². The highest BCUT2D eigenvalue weighted by atomic mass is 16.5. The smallest absolute Gasteiger partial charge is 0.223 e. The topological polar surface area (TPSA) is 67.3 Å². The van der Waals surface area contributed by atoms with Crippen LogP contribution in [0.2, 0.25) is 0 Å². The number of hydrogen-bond acceptors (Lipinski definition) is 5. The quantitative estimate of drug-likeness (QED) is 0.857. The number of hydrogen-bond donors (Lipinski definition) is 2. The van der Waals surface area contributed by atoms with Crippen molar-refractivity contribution in [3.63, 3.8) is 0 Å². The molecule has 3 aliphatic rings. The van der Waals surface area contributed by atoms with Crippen LogP contribution in [0, 0.1) is 0 Å². The first kappa shape index (κ1) is 17.0. The van der Waals surface area contributed by atoms with E-state index in [4.69, 9.17) is 4.74 Å². The second kappa shape index (κ2) is 8.83. The molecule has 0 unspecified atom stereocenters. The van der Waals surface area contributed by atoms with Crippen LogP contribution in [0.3, 0.4) is 0 Å². The molecule has 0 spiro atoms. The molecule has 1 saturated carbocycles. The van der Waals surface area contributed by atoms with Crippen LogP contribution in [0.1, 0.15) is 56.2 Å². The van der Waals surface area contributed by atoms with Gasteiger partial charge in [0.25, 0.3) is 0 Å². The highest BCUT2D eigenvalue weighted by Gasteiger charge is 2.15. The minimum absolute atomic E-state index is 0.251. The Bertz CT molecular complexity index is 581. The standard InChI is InChI=1S/C15H19N3O.C4H8O/c19-13-8-4-5-11-10-16-15(18-14(11)9-13)17-12-6-2-1-3-7-12;1-2-4-5-3-1/h4,8-10,12,19H,1-3,5-7H2,(H,16,17,18);1-4H2. The lowest BCUT2D eigenvalue weighted by molar-refractivity contribution is 0.198. The van der Waals surface area contributed by atoms with Gasteiger partial charge in [0.05, 0.1) is 5.69 Å². The Balaban J connectivity index is 0.000000290. The van der Waals surface area contributed by atoms with Crippen molar-refractivity contribution < 1.29 is 9.84 Å². The zero-order chi connectivity index (χ0) is 16.6. The van der Waals surface area contributed by atoms with Crippen LogP contribution in [0.25, 0.3) is 6.08 Å². The van der Waals surface area contributed by atoms with E-state index in [9.17, 15) is 5.11 Å².